The van der Waals surface area contributed by atoms with Crippen molar-refractivity contribution in [2.75, 3.05) is 43.5 Å². The van der Waals surface area contributed by atoms with Gasteiger partial charge in [-0.25, -0.2) is 13.2 Å². The van der Waals surface area contributed by atoms with Crippen LogP contribution in [0.25, 0.3) is 32.1 Å². The number of fused-ring (bicyclic) bond motifs is 2. The molecule has 1 aliphatic carbocycles. The first-order valence-electron chi connectivity index (χ1n) is 15.9. The molecule has 4 aliphatic rings. The lowest BCUT2D eigenvalue weighted by atomic mass is 9.91. The maximum atomic E-state index is 17.2. The fourth-order valence-electron chi connectivity index (χ4n) is 8.17. The standard InChI is InChI=1S/C33H32ClF3N6O3S/c34-25-23(19-5-6-21(36)29-22(19)20(13-38)30(39)47-29)26(37)27-24-28(25)45-10-9-43(17-3-1-4-18(44)11-17)31(24)41-32(40-27)46-15-33-7-2-8-42(33)14-16(35)12-33/h5-6,16-18,44H,1-4,7-12,14-15,39H2/t16-,17?,18?,33+/m1/s1. The van der Waals surface area contributed by atoms with Gasteiger partial charge in [-0.15, -0.1) is 11.3 Å². The first kappa shape index (κ1) is 30.7. The Morgan fingerprint density at radius 2 is 2.06 bits per heavy atom. The molecule has 246 valence electrons. The van der Waals surface area contributed by atoms with Crippen molar-refractivity contribution in [1.29, 1.82) is 5.26 Å². The zero-order valence-corrected chi connectivity index (χ0v) is 26.9. The number of aliphatic hydroxyl groups excluding tert-OH is 1. The normalized spacial score (nSPS) is 26.0. The van der Waals surface area contributed by atoms with Gasteiger partial charge in [0.05, 0.1) is 38.9 Å². The van der Waals surface area contributed by atoms with Gasteiger partial charge < -0.3 is 25.2 Å². The minimum atomic E-state index is -0.951. The number of rotatable bonds is 5. The van der Waals surface area contributed by atoms with E-state index in [0.29, 0.717) is 38.2 Å². The van der Waals surface area contributed by atoms with Gasteiger partial charge in [-0.05, 0) is 56.7 Å². The van der Waals surface area contributed by atoms with Gasteiger partial charge in [0.1, 0.15) is 47.6 Å². The molecule has 8 rings (SSSR count). The molecule has 3 N–H and O–H groups in total. The summed E-state index contributed by atoms with van der Waals surface area (Å²) in [4.78, 5) is 13.5. The van der Waals surface area contributed by atoms with E-state index in [1.165, 1.54) is 12.1 Å². The van der Waals surface area contributed by atoms with E-state index in [2.05, 4.69) is 9.88 Å². The van der Waals surface area contributed by atoms with Crippen LogP contribution < -0.4 is 20.1 Å². The van der Waals surface area contributed by atoms with Crippen LogP contribution in [0, 0.1) is 23.0 Å². The first-order valence-corrected chi connectivity index (χ1v) is 17.1. The van der Waals surface area contributed by atoms with Gasteiger partial charge in [0.15, 0.2) is 11.6 Å². The van der Waals surface area contributed by atoms with Gasteiger partial charge in [-0.3, -0.25) is 4.90 Å². The largest absolute Gasteiger partial charge is 0.489 e. The molecule has 5 heterocycles. The number of nitrogens with two attached hydrogens (primary N) is 1. The summed E-state index contributed by atoms with van der Waals surface area (Å²) in [7, 11) is 0. The third-order valence-electron chi connectivity index (χ3n) is 10.3. The molecular weight excluding hydrogens is 653 g/mol. The molecule has 0 amide bonds. The molecule has 14 heteroatoms. The van der Waals surface area contributed by atoms with Crippen LogP contribution in [-0.2, 0) is 0 Å². The number of hydrogen-bond acceptors (Lipinski definition) is 10. The molecule has 0 spiro atoms. The Kier molecular flexibility index (Phi) is 7.55. The molecule has 0 radical (unpaired) electrons. The van der Waals surface area contributed by atoms with E-state index in [-0.39, 0.29) is 78.7 Å². The van der Waals surface area contributed by atoms with Crippen molar-refractivity contribution in [1.82, 2.24) is 14.9 Å². The van der Waals surface area contributed by atoms with Crippen LogP contribution in [0.15, 0.2) is 12.1 Å². The Labute approximate surface area is 277 Å². The zero-order chi connectivity index (χ0) is 32.6. The highest BCUT2D eigenvalue weighted by Gasteiger charge is 2.49. The fourth-order valence-corrected chi connectivity index (χ4v) is 9.45. The van der Waals surface area contributed by atoms with E-state index in [1.54, 1.807) is 0 Å². The van der Waals surface area contributed by atoms with E-state index in [9.17, 15) is 19.1 Å². The van der Waals surface area contributed by atoms with E-state index in [1.807, 2.05) is 11.0 Å². The highest BCUT2D eigenvalue weighted by molar-refractivity contribution is 7.23. The van der Waals surface area contributed by atoms with Crippen LogP contribution in [0.4, 0.5) is 24.0 Å². The number of halogens is 4. The average molecular weight is 685 g/mol. The Hall–Kier alpha value is -3.57. The molecule has 47 heavy (non-hydrogen) atoms. The summed E-state index contributed by atoms with van der Waals surface area (Å²) in [5.41, 5.74) is 5.59. The minimum absolute atomic E-state index is 0.0272. The molecule has 0 bridgehead atoms. The molecular formula is C33H32ClF3N6O3S. The number of thiophene rings is 1. The van der Waals surface area contributed by atoms with E-state index < -0.39 is 29.4 Å². The van der Waals surface area contributed by atoms with Gasteiger partial charge in [-0.1, -0.05) is 17.7 Å². The number of alkyl halides is 1. The molecule has 3 fully saturated rings. The second kappa shape index (κ2) is 11.5. The van der Waals surface area contributed by atoms with Crippen LogP contribution in [0.2, 0.25) is 5.02 Å². The number of hydrogen-bond donors (Lipinski definition) is 2. The zero-order valence-electron chi connectivity index (χ0n) is 25.4. The monoisotopic (exact) mass is 684 g/mol. The molecule has 4 atom stereocenters. The van der Waals surface area contributed by atoms with Gasteiger partial charge in [-0.2, -0.15) is 15.2 Å². The van der Waals surface area contributed by atoms with Crippen LogP contribution in [0.5, 0.6) is 11.8 Å². The summed E-state index contributed by atoms with van der Waals surface area (Å²) in [5.74, 6) is -0.874. The number of aliphatic hydroxyl groups is 1. The van der Waals surface area contributed by atoms with Crippen molar-refractivity contribution in [2.24, 2.45) is 0 Å². The van der Waals surface area contributed by atoms with Gasteiger partial charge in [0, 0.05) is 30.0 Å². The molecule has 4 aromatic rings. The number of anilines is 2. The molecule has 1 saturated carbocycles. The SMILES string of the molecule is N#Cc1c(N)sc2c(F)ccc(-c3c(Cl)c4c5c(nc(OC[C@@]67CCCN6C[C@H](F)C7)nc5c3F)N(C3CCCC(O)C3)CCO4)c12. The van der Waals surface area contributed by atoms with E-state index in [4.69, 9.17) is 31.8 Å². The highest BCUT2D eigenvalue weighted by Crippen LogP contribution is 2.51. The third kappa shape index (κ3) is 4.86. The summed E-state index contributed by atoms with van der Waals surface area (Å²) >= 11 is 7.92. The lowest BCUT2D eigenvalue weighted by molar-refractivity contribution is 0.107. The summed E-state index contributed by atoms with van der Waals surface area (Å²) in [6.45, 7) is 1.85. The van der Waals surface area contributed by atoms with Crippen LogP contribution in [0.1, 0.15) is 50.5 Å². The Bertz CT molecular complexity index is 1970. The van der Waals surface area contributed by atoms with Gasteiger partial charge in [0.2, 0.25) is 0 Å². The van der Waals surface area contributed by atoms with Crippen molar-refractivity contribution in [3.05, 3.63) is 34.4 Å². The van der Waals surface area contributed by atoms with Crippen molar-refractivity contribution >= 4 is 54.7 Å². The summed E-state index contributed by atoms with van der Waals surface area (Å²) < 4.78 is 59.2. The Morgan fingerprint density at radius 3 is 2.87 bits per heavy atom. The number of ether oxygens (including phenoxy) is 2. The van der Waals surface area contributed by atoms with Crippen molar-refractivity contribution in [2.45, 2.75) is 68.8 Å². The molecule has 2 aromatic carbocycles. The van der Waals surface area contributed by atoms with Crippen molar-refractivity contribution in [3.63, 3.8) is 0 Å². The first-order chi connectivity index (χ1) is 22.7. The van der Waals surface area contributed by atoms with E-state index >= 15 is 4.39 Å². The van der Waals surface area contributed by atoms with Crippen molar-refractivity contribution in [3.8, 4) is 29.0 Å². The maximum Gasteiger partial charge on any atom is 0.319 e. The van der Waals surface area contributed by atoms with Gasteiger partial charge in [0.25, 0.3) is 0 Å². The maximum absolute atomic E-state index is 17.2. The number of nitrogen functional groups attached to an aromatic ring is 1. The predicted molar refractivity (Wildman–Crippen MR) is 174 cm³/mol. The summed E-state index contributed by atoms with van der Waals surface area (Å²) in [6, 6.07) is 4.42. The summed E-state index contributed by atoms with van der Waals surface area (Å²) in [5, 5.41) is 20.9. The summed E-state index contributed by atoms with van der Waals surface area (Å²) in [6.07, 6.45) is 3.43. The number of nitriles is 1. The fraction of sp³-hybridized carbons (Fsp3) is 0.485. The van der Waals surface area contributed by atoms with Crippen LogP contribution >= 0.6 is 22.9 Å². The molecule has 2 saturated heterocycles. The molecule has 2 aromatic heterocycles. The Balaban J connectivity index is 1.34. The number of aromatic nitrogens is 2. The number of nitrogens with zero attached hydrogens (tertiary/aromatic N) is 5. The Morgan fingerprint density at radius 1 is 1.21 bits per heavy atom. The minimum Gasteiger partial charge on any atom is -0.489 e. The molecule has 3 aliphatic heterocycles. The predicted octanol–water partition coefficient (Wildman–Crippen LogP) is 6.35. The second-order valence-electron chi connectivity index (χ2n) is 13.0. The lowest BCUT2D eigenvalue weighted by Crippen LogP contribution is -2.44. The smallest absolute Gasteiger partial charge is 0.319 e. The highest BCUT2D eigenvalue weighted by atomic mass is 35.5. The van der Waals surface area contributed by atoms with Crippen molar-refractivity contribution < 1.29 is 27.8 Å². The number of benzene rings is 2. The topological polar surface area (TPSA) is 121 Å². The second-order valence-corrected chi connectivity index (χ2v) is 14.4. The van der Waals surface area contributed by atoms with E-state index in [0.717, 1.165) is 43.6 Å². The van der Waals surface area contributed by atoms with Crippen LogP contribution in [0.3, 0.4) is 0 Å². The quantitative estimate of drug-likeness (QED) is 0.248. The van der Waals surface area contributed by atoms with Crippen LogP contribution in [-0.4, -0.2) is 76.7 Å². The third-order valence-corrected chi connectivity index (χ3v) is 11.7. The van der Waals surface area contributed by atoms with Gasteiger partial charge >= 0.3 is 6.01 Å². The lowest BCUT2D eigenvalue weighted by Gasteiger charge is -2.36. The molecule has 9 nitrogen and oxygen atoms in total. The molecule has 2 unspecified atom stereocenters. The average Bonchev–Trinajstić information content (AvgIpc) is 3.64.